The highest BCUT2D eigenvalue weighted by molar-refractivity contribution is 5.49. The molecule has 0 fully saturated rings. The Morgan fingerprint density at radius 2 is 2.29 bits per heavy atom. The largest absolute Gasteiger partial charge is 0.341 e. The molecule has 0 atom stereocenters. The highest BCUT2D eigenvalue weighted by Crippen LogP contribution is 2.14. The Morgan fingerprint density at radius 1 is 1.50 bits per heavy atom. The molecule has 2 aromatic rings. The molecule has 74 valence electrons. The van der Waals surface area contributed by atoms with Crippen LogP contribution in [0.3, 0.4) is 0 Å². The van der Waals surface area contributed by atoms with Gasteiger partial charge in [-0.25, -0.2) is 4.98 Å². The lowest BCUT2D eigenvalue weighted by atomic mass is 10.3. The Kier molecular flexibility index (Phi) is 2.11. The number of H-pyrrole nitrogens is 1. The Labute approximate surface area is 83.0 Å². The minimum Gasteiger partial charge on any atom is -0.341 e. The smallest absolute Gasteiger partial charge is 0.158 e. The van der Waals surface area contributed by atoms with Gasteiger partial charge in [0.05, 0.1) is 0 Å². The molecular formula is C10H14N4. The van der Waals surface area contributed by atoms with Crippen molar-refractivity contribution >= 4 is 0 Å². The second kappa shape index (κ2) is 3.29. The molecule has 0 saturated heterocycles. The molecule has 0 aliphatic heterocycles. The van der Waals surface area contributed by atoms with E-state index in [1.165, 1.54) is 0 Å². The van der Waals surface area contributed by atoms with E-state index in [-0.39, 0.29) is 0 Å². The molecule has 4 nitrogen and oxygen atoms in total. The maximum Gasteiger partial charge on any atom is 0.158 e. The second-order valence-corrected chi connectivity index (χ2v) is 3.41. The lowest BCUT2D eigenvalue weighted by Crippen LogP contribution is -1.92. The lowest BCUT2D eigenvalue weighted by Gasteiger charge is -1.90. The molecule has 0 radical (unpaired) electrons. The predicted octanol–water partition coefficient (Wildman–Crippen LogP) is 1.68. The highest BCUT2D eigenvalue weighted by atomic mass is 15.3. The molecule has 0 saturated carbocycles. The van der Waals surface area contributed by atoms with E-state index >= 15 is 0 Å². The number of aromatic amines is 1. The van der Waals surface area contributed by atoms with Crippen molar-refractivity contribution in [1.82, 2.24) is 19.7 Å². The first kappa shape index (κ1) is 8.99. The van der Waals surface area contributed by atoms with Gasteiger partial charge < -0.3 is 4.98 Å². The van der Waals surface area contributed by atoms with Gasteiger partial charge in [-0.15, -0.1) is 0 Å². The van der Waals surface area contributed by atoms with Crippen LogP contribution in [0.15, 0.2) is 12.3 Å². The fourth-order valence-electron chi connectivity index (χ4n) is 1.35. The van der Waals surface area contributed by atoms with Crippen LogP contribution in [0, 0.1) is 6.92 Å². The molecule has 2 rings (SSSR count). The zero-order chi connectivity index (χ0) is 10.1. The van der Waals surface area contributed by atoms with E-state index in [0.29, 0.717) is 0 Å². The van der Waals surface area contributed by atoms with Crippen molar-refractivity contribution in [2.45, 2.75) is 20.3 Å². The fourth-order valence-corrected chi connectivity index (χ4v) is 1.35. The van der Waals surface area contributed by atoms with Crippen LogP contribution in [-0.2, 0) is 13.5 Å². The normalized spacial score (nSPS) is 10.8. The molecule has 0 aliphatic carbocycles. The summed E-state index contributed by atoms with van der Waals surface area (Å²) in [6, 6.07) is 2.03. The molecule has 0 aromatic carbocycles. The molecule has 14 heavy (non-hydrogen) atoms. The molecular weight excluding hydrogens is 176 g/mol. The maximum absolute atomic E-state index is 4.35. The van der Waals surface area contributed by atoms with Gasteiger partial charge >= 0.3 is 0 Å². The van der Waals surface area contributed by atoms with E-state index in [0.717, 1.165) is 29.3 Å². The van der Waals surface area contributed by atoms with Gasteiger partial charge in [-0.1, -0.05) is 6.92 Å². The number of rotatable bonds is 2. The van der Waals surface area contributed by atoms with E-state index in [1.54, 1.807) is 0 Å². The fraction of sp³-hybridized carbons (Fsp3) is 0.400. The molecule has 0 spiro atoms. The molecule has 2 heterocycles. The number of imidazole rings is 1. The van der Waals surface area contributed by atoms with Crippen LogP contribution in [0.2, 0.25) is 0 Å². The minimum absolute atomic E-state index is 0.852. The molecule has 4 heteroatoms. The van der Waals surface area contributed by atoms with Crippen LogP contribution < -0.4 is 0 Å². The molecule has 0 unspecified atom stereocenters. The van der Waals surface area contributed by atoms with Gasteiger partial charge in [0, 0.05) is 24.6 Å². The van der Waals surface area contributed by atoms with Gasteiger partial charge in [-0.2, -0.15) is 5.10 Å². The van der Waals surface area contributed by atoms with Crippen LogP contribution in [0.25, 0.3) is 11.5 Å². The van der Waals surface area contributed by atoms with Crippen LogP contribution in [0.5, 0.6) is 0 Å². The van der Waals surface area contributed by atoms with E-state index in [2.05, 4.69) is 22.0 Å². The monoisotopic (exact) mass is 190 g/mol. The number of nitrogens with zero attached hydrogens (tertiary/aromatic N) is 3. The lowest BCUT2D eigenvalue weighted by molar-refractivity contribution is 0.741. The summed E-state index contributed by atoms with van der Waals surface area (Å²) in [7, 11) is 1.93. The van der Waals surface area contributed by atoms with Gasteiger partial charge in [-0.05, 0) is 19.4 Å². The third-order valence-electron chi connectivity index (χ3n) is 2.37. The minimum atomic E-state index is 0.852. The topological polar surface area (TPSA) is 46.5 Å². The summed E-state index contributed by atoms with van der Waals surface area (Å²) in [6.07, 6.45) is 2.83. The summed E-state index contributed by atoms with van der Waals surface area (Å²) in [4.78, 5) is 7.51. The van der Waals surface area contributed by atoms with Gasteiger partial charge in [0.1, 0.15) is 5.69 Å². The van der Waals surface area contributed by atoms with Crippen LogP contribution in [-0.4, -0.2) is 19.7 Å². The highest BCUT2D eigenvalue weighted by Gasteiger charge is 2.07. The molecule has 2 aromatic heterocycles. The van der Waals surface area contributed by atoms with E-state index in [9.17, 15) is 0 Å². The number of nitrogens with one attached hydrogen (secondary N) is 1. The Balaban J connectivity index is 2.39. The average molecular weight is 190 g/mol. The number of aromatic nitrogens is 4. The van der Waals surface area contributed by atoms with Crippen molar-refractivity contribution in [3.8, 4) is 11.5 Å². The molecule has 0 amide bonds. The van der Waals surface area contributed by atoms with Crippen LogP contribution in [0.4, 0.5) is 0 Å². The summed E-state index contributed by atoms with van der Waals surface area (Å²) in [5, 5.41) is 4.35. The van der Waals surface area contributed by atoms with Crippen LogP contribution in [0.1, 0.15) is 18.3 Å². The molecule has 0 bridgehead atoms. The Morgan fingerprint density at radius 3 is 2.79 bits per heavy atom. The first-order chi connectivity index (χ1) is 6.70. The third kappa shape index (κ3) is 1.43. The quantitative estimate of drug-likeness (QED) is 0.783. The van der Waals surface area contributed by atoms with Crippen molar-refractivity contribution in [2.75, 3.05) is 0 Å². The van der Waals surface area contributed by atoms with Crippen molar-refractivity contribution < 1.29 is 0 Å². The van der Waals surface area contributed by atoms with Crippen LogP contribution >= 0.6 is 0 Å². The molecule has 0 aliphatic rings. The van der Waals surface area contributed by atoms with Gasteiger partial charge in [0.25, 0.3) is 0 Å². The SMILES string of the molecule is CCc1cnc(-c2cc(C)n(C)n2)[nH]1. The van der Waals surface area contributed by atoms with E-state index in [4.69, 9.17) is 0 Å². The third-order valence-corrected chi connectivity index (χ3v) is 2.37. The summed E-state index contributed by atoms with van der Waals surface area (Å²) in [5.41, 5.74) is 3.18. The first-order valence-corrected chi connectivity index (χ1v) is 4.75. The van der Waals surface area contributed by atoms with Crippen molar-refractivity contribution in [3.63, 3.8) is 0 Å². The number of hydrogen-bond donors (Lipinski definition) is 1. The van der Waals surface area contributed by atoms with E-state index in [1.807, 2.05) is 30.9 Å². The summed E-state index contributed by atoms with van der Waals surface area (Å²) >= 11 is 0. The average Bonchev–Trinajstić information content (AvgIpc) is 2.74. The summed E-state index contributed by atoms with van der Waals surface area (Å²) < 4.78 is 1.85. The van der Waals surface area contributed by atoms with Gasteiger partial charge in [0.2, 0.25) is 0 Å². The zero-order valence-corrected chi connectivity index (χ0v) is 8.70. The molecule has 1 N–H and O–H groups in total. The summed E-state index contributed by atoms with van der Waals surface area (Å²) in [6.45, 7) is 4.13. The standard InChI is InChI=1S/C10H14N4/c1-4-8-6-11-10(12-8)9-5-7(2)14(3)13-9/h5-6H,4H2,1-3H3,(H,11,12). The van der Waals surface area contributed by atoms with Gasteiger partial charge in [-0.3, -0.25) is 4.68 Å². The Hall–Kier alpha value is -1.58. The number of hydrogen-bond acceptors (Lipinski definition) is 2. The predicted molar refractivity (Wildman–Crippen MR) is 54.9 cm³/mol. The van der Waals surface area contributed by atoms with E-state index < -0.39 is 0 Å². The van der Waals surface area contributed by atoms with Crippen molar-refractivity contribution in [3.05, 3.63) is 23.7 Å². The Bertz CT molecular complexity index is 419. The maximum atomic E-state index is 4.35. The first-order valence-electron chi connectivity index (χ1n) is 4.75. The second-order valence-electron chi connectivity index (χ2n) is 3.41. The summed E-state index contributed by atoms with van der Waals surface area (Å²) in [5.74, 6) is 0.852. The number of aryl methyl sites for hydroxylation is 3. The van der Waals surface area contributed by atoms with Crippen molar-refractivity contribution in [1.29, 1.82) is 0 Å². The van der Waals surface area contributed by atoms with Crippen molar-refractivity contribution in [2.24, 2.45) is 7.05 Å². The van der Waals surface area contributed by atoms with Gasteiger partial charge in [0.15, 0.2) is 5.82 Å². The zero-order valence-electron chi connectivity index (χ0n) is 8.70.